The first-order chi connectivity index (χ1) is 4.26. The number of urea groups is 1. The molecule has 0 rings (SSSR count). The lowest BCUT2D eigenvalue weighted by Crippen LogP contribution is -2.36. The van der Waals surface area contributed by atoms with Gasteiger partial charge < -0.3 is 5.32 Å². The molecule has 0 aliphatic rings. The van der Waals surface area contributed by atoms with Crippen molar-refractivity contribution >= 4 is 6.03 Å². The van der Waals surface area contributed by atoms with Crippen molar-refractivity contribution < 1.29 is 13.6 Å². The molecular weight excluding hydrogens is 130 g/mol. The summed E-state index contributed by atoms with van der Waals surface area (Å²) >= 11 is 0. The van der Waals surface area contributed by atoms with Crippen LogP contribution in [-0.4, -0.2) is 31.6 Å². The highest BCUT2D eigenvalue weighted by Gasteiger charge is 2.08. The molecule has 0 atom stereocenters. The third-order valence-electron chi connectivity index (χ3n) is 0.790. The van der Waals surface area contributed by atoms with E-state index in [4.69, 9.17) is 0 Å². The van der Waals surface area contributed by atoms with Crippen molar-refractivity contribution in [3.63, 3.8) is 0 Å². The van der Waals surface area contributed by atoms with Crippen LogP contribution >= 0.6 is 0 Å². The zero-order chi connectivity index (χ0) is 7.28. The highest BCUT2D eigenvalue weighted by molar-refractivity contribution is 5.73. The second-order valence-corrected chi connectivity index (χ2v) is 1.33. The van der Waals surface area contributed by atoms with Gasteiger partial charge in [0.25, 0.3) is 0 Å². The molecule has 0 heterocycles. The van der Waals surface area contributed by atoms with Gasteiger partial charge in [0.15, 0.2) is 13.6 Å². The monoisotopic (exact) mass is 138 g/mol. The van der Waals surface area contributed by atoms with Crippen LogP contribution in [0.15, 0.2) is 0 Å². The third-order valence-corrected chi connectivity index (χ3v) is 0.790. The Morgan fingerprint density at radius 1 is 1.56 bits per heavy atom. The van der Waals surface area contributed by atoms with E-state index in [1.54, 1.807) is 0 Å². The van der Waals surface area contributed by atoms with Crippen LogP contribution in [0.1, 0.15) is 0 Å². The summed E-state index contributed by atoms with van der Waals surface area (Å²) in [5.74, 6) is 0. The Hall–Kier alpha value is -0.870. The standard InChI is InChI=1S/C4H8F2N2O/c1-7-4(9)8(2-5)3-6/h2-3H2,1H3,(H,7,9). The summed E-state index contributed by atoms with van der Waals surface area (Å²) in [6.45, 7) is -2.20. The average molecular weight is 138 g/mol. The molecule has 0 fully saturated rings. The summed E-state index contributed by atoms with van der Waals surface area (Å²) in [6.07, 6.45) is 0. The van der Waals surface area contributed by atoms with Gasteiger partial charge in [-0.3, -0.25) is 4.90 Å². The zero-order valence-corrected chi connectivity index (χ0v) is 5.03. The first-order valence-corrected chi connectivity index (χ1v) is 2.34. The van der Waals surface area contributed by atoms with Crippen LogP contribution in [-0.2, 0) is 0 Å². The summed E-state index contributed by atoms with van der Waals surface area (Å²) in [5, 5.41) is 2.07. The van der Waals surface area contributed by atoms with Crippen molar-refractivity contribution in [1.29, 1.82) is 0 Å². The number of alkyl halides is 2. The Kier molecular flexibility index (Phi) is 3.66. The fourth-order valence-corrected chi connectivity index (χ4v) is 0.299. The molecule has 0 spiro atoms. The molecule has 0 aliphatic carbocycles. The van der Waals surface area contributed by atoms with Gasteiger partial charge in [0.1, 0.15) is 0 Å². The van der Waals surface area contributed by atoms with Crippen molar-refractivity contribution in [2.45, 2.75) is 0 Å². The minimum Gasteiger partial charge on any atom is -0.341 e. The molecule has 3 nitrogen and oxygen atoms in total. The highest BCUT2D eigenvalue weighted by atomic mass is 19.1. The summed E-state index contributed by atoms with van der Waals surface area (Å²) in [5.41, 5.74) is 0. The average Bonchev–Trinajstić information content (AvgIpc) is 1.90. The normalized spacial score (nSPS) is 8.78. The maximum Gasteiger partial charge on any atom is 0.321 e. The molecule has 0 aromatic heterocycles. The van der Waals surface area contributed by atoms with Gasteiger partial charge in [-0.2, -0.15) is 0 Å². The van der Waals surface area contributed by atoms with Gasteiger partial charge in [0.2, 0.25) is 0 Å². The number of nitrogens with zero attached hydrogens (tertiary/aromatic N) is 1. The molecule has 0 aromatic carbocycles. The molecule has 5 heteroatoms. The number of hydrogen-bond acceptors (Lipinski definition) is 1. The van der Waals surface area contributed by atoms with Crippen LogP contribution in [0.25, 0.3) is 0 Å². The van der Waals surface area contributed by atoms with Gasteiger partial charge >= 0.3 is 6.03 Å². The fourth-order valence-electron chi connectivity index (χ4n) is 0.299. The zero-order valence-electron chi connectivity index (χ0n) is 5.03. The van der Waals surface area contributed by atoms with Crippen molar-refractivity contribution in [2.75, 3.05) is 20.6 Å². The van der Waals surface area contributed by atoms with E-state index >= 15 is 0 Å². The number of rotatable bonds is 2. The van der Waals surface area contributed by atoms with Crippen LogP contribution in [0, 0.1) is 0 Å². The molecule has 54 valence electrons. The molecule has 9 heavy (non-hydrogen) atoms. The molecule has 0 aromatic rings. The maximum absolute atomic E-state index is 11.5. The van der Waals surface area contributed by atoms with Gasteiger partial charge in [0.05, 0.1) is 0 Å². The Labute approximate surface area is 51.6 Å². The lowest BCUT2D eigenvalue weighted by Gasteiger charge is -2.12. The molecule has 2 amide bonds. The quantitative estimate of drug-likeness (QED) is 0.553. The lowest BCUT2D eigenvalue weighted by atomic mass is 10.8. The molecule has 0 saturated carbocycles. The Balaban J connectivity index is 3.64. The van der Waals surface area contributed by atoms with E-state index in [0.717, 1.165) is 0 Å². The third kappa shape index (κ3) is 2.25. The van der Waals surface area contributed by atoms with Crippen molar-refractivity contribution in [3.8, 4) is 0 Å². The Morgan fingerprint density at radius 3 is 2.11 bits per heavy atom. The van der Waals surface area contributed by atoms with E-state index < -0.39 is 19.6 Å². The summed E-state index contributed by atoms with van der Waals surface area (Å²) in [7, 11) is 1.31. The number of halogens is 2. The minimum atomic E-state index is -1.10. The topological polar surface area (TPSA) is 32.3 Å². The van der Waals surface area contributed by atoms with Crippen molar-refractivity contribution in [3.05, 3.63) is 0 Å². The second-order valence-electron chi connectivity index (χ2n) is 1.33. The molecule has 0 saturated heterocycles. The smallest absolute Gasteiger partial charge is 0.321 e. The van der Waals surface area contributed by atoms with Gasteiger partial charge in [-0.15, -0.1) is 0 Å². The molecule has 1 N–H and O–H groups in total. The first kappa shape index (κ1) is 8.13. The van der Waals surface area contributed by atoms with E-state index in [-0.39, 0.29) is 0 Å². The van der Waals surface area contributed by atoms with E-state index in [2.05, 4.69) is 5.32 Å². The molecule has 0 unspecified atom stereocenters. The number of amides is 2. The van der Waals surface area contributed by atoms with Crippen LogP contribution < -0.4 is 5.32 Å². The fraction of sp³-hybridized carbons (Fsp3) is 0.750. The molecule has 0 radical (unpaired) electrons. The van der Waals surface area contributed by atoms with Crippen molar-refractivity contribution in [1.82, 2.24) is 10.2 Å². The molecule has 0 bridgehead atoms. The minimum absolute atomic E-state index is 0.389. The second kappa shape index (κ2) is 4.05. The Morgan fingerprint density at radius 2 is 2.00 bits per heavy atom. The van der Waals surface area contributed by atoms with Crippen LogP contribution in [0.2, 0.25) is 0 Å². The number of nitrogens with one attached hydrogen (secondary N) is 1. The number of carbonyl (C=O) groups excluding carboxylic acids is 1. The van der Waals surface area contributed by atoms with E-state index in [9.17, 15) is 13.6 Å². The highest BCUT2D eigenvalue weighted by Crippen LogP contribution is 1.88. The summed E-state index contributed by atoms with van der Waals surface area (Å²) in [4.78, 5) is 10.7. The van der Waals surface area contributed by atoms with E-state index in [1.165, 1.54) is 7.05 Å². The first-order valence-electron chi connectivity index (χ1n) is 2.34. The van der Waals surface area contributed by atoms with E-state index in [1.807, 2.05) is 0 Å². The number of hydrogen-bond donors (Lipinski definition) is 1. The summed E-state index contributed by atoms with van der Waals surface area (Å²) < 4.78 is 23.0. The van der Waals surface area contributed by atoms with Gasteiger partial charge in [-0.05, 0) is 0 Å². The van der Waals surface area contributed by atoms with Gasteiger partial charge in [0, 0.05) is 7.05 Å². The molecule has 0 aliphatic heterocycles. The number of carbonyl (C=O) groups is 1. The largest absolute Gasteiger partial charge is 0.341 e. The predicted molar refractivity (Wildman–Crippen MR) is 28.2 cm³/mol. The predicted octanol–water partition coefficient (Wildman–Crippen LogP) is 0.482. The van der Waals surface area contributed by atoms with Gasteiger partial charge in [-0.1, -0.05) is 0 Å². The summed E-state index contributed by atoms with van der Waals surface area (Å²) in [6, 6.07) is -0.750. The maximum atomic E-state index is 11.5. The molecular formula is C4H8F2N2O. The van der Waals surface area contributed by atoms with E-state index in [0.29, 0.717) is 4.90 Å². The van der Waals surface area contributed by atoms with Crippen LogP contribution in [0.3, 0.4) is 0 Å². The Bertz CT molecular complexity index is 94.6. The van der Waals surface area contributed by atoms with Gasteiger partial charge in [-0.25, -0.2) is 13.6 Å². The van der Waals surface area contributed by atoms with Crippen LogP contribution in [0.4, 0.5) is 13.6 Å². The van der Waals surface area contributed by atoms with Crippen LogP contribution in [0.5, 0.6) is 0 Å². The van der Waals surface area contributed by atoms with Crippen molar-refractivity contribution in [2.24, 2.45) is 0 Å². The lowest BCUT2D eigenvalue weighted by molar-refractivity contribution is 0.139. The SMILES string of the molecule is CNC(=O)N(CF)CF.